The highest BCUT2D eigenvalue weighted by Crippen LogP contribution is 2.27. The molecule has 0 saturated carbocycles. The van der Waals surface area contributed by atoms with E-state index in [1.165, 1.54) is 11.3 Å². The molecule has 0 bridgehead atoms. The lowest BCUT2D eigenvalue weighted by molar-refractivity contribution is -0.125. The van der Waals surface area contributed by atoms with Crippen molar-refractivity contribution in [2.24, 2.45) is 10.4 Å². The number of carbonyl (C=O) groups excluding carboxylic acids is 1. The Kier molecular flexibility index (Phi) is 4.40. The van der Waals surface area contributed by atoms with E-state index in [0.717, 1.165) is 15.8 Å². The van der Waals surface area contributed by atoms with Gasteiger partial charge in [0, 0.05) is 17.0 Å². The highest BCUT2D eigenvalue weighted by atomic mass is 35.5. The molecule has 0 spiro atoms. The van der Waals surface area contributed by atoms with Crippen LogP contribution >= 0.6 is 22.9 Å². The highest BCUT2D eigenvalue weighted by Gasteiger charge is 2.21. The third kappa shape index (κ3) is 3.11. The van der Waals surface area contributed by atoms with Crippen LogP contribution in [0.1, 0.15) is 26.3 Å². The van der Waals surface area contributed by atoms with Crippen molar-refractivity contribution in [2.75, 3.05) is 0 Å². The van der Waals surface area contributed by atoms with Gasteiger partial charge in [-0.15, -0.1) is 6.58 Å². The molecule has 1 aromatic carbocycles. The topological polar surface area (TPSA) is 34.4 Å². The van der Waals surface area contributed by atoms with Crippen LogP contribution in [0, 0.1) is 12.3 Å². The van der Waals surface area contributed by atoms with Gasteiger partial charge >= 0.3 is 0 Å². The van der Waals surface area contributed by atoms with Gasteiger partial charge in [0.25, 0.3) is 5.91 Å². The number of hydrogen-bond acceptors (Lipinski definition) is 2. The average Bonchev–Trinajstić information content (AvgIpc) is 2.72. The minimum absolute atomic E-state index is 0.129. The molecule has 21 heavy (non-hydrogen) atoms. The quantitative estimate of drug-likeness (QED) is 0.758. The molecule has 0 aliphatic heterocycles. The van der Waals surface area contributed by atoms with Gasteiger partial charge in [-0.3, -0.25) is 4.79 Å². The molecule has 0 N–H and O–H groups in total. The first-order chi connectivity index (χ1) is 9.75. The molecule has 5 heteroatoms. The van der Waals surface area contributed by atoms with Crippen LogP contribution in [0.2, 0.25) is 5.02 Å². The zero-order valence-corrected chi connectivity index (χ0v) is 14.3. The van der Waals surface area contributed by atoms with Crippen molar-refractivity contribution in [2.45, 2.75) is 34.2 Å². The smallest absolute Gasteiger partial charge is 0.253 e. The van der Waals surface area contributed by atoms with Gasteiger partial charge in [0.15, 0.2) is 4.80 Å². The summed E-state index contributed by atoms with van der Waals surface area (Å²) >= 11 is 7.72. The molecular formula is C16H19ClN2OS. The Hall–Kier alpha value is -1.39. The van der Waals surface area contributed by atoms with Gasteiger partial charge < -0.3 is 4.57 Å². The summed E-state index contributed by atoms with van der Waals surface area (Å²) in [6.45, 7) is 12.0. The van der Waals surface area contributed by atoms with E-state index in [-0.39, 0.29) is 5.91 Å². The minimum Gasteiger partial charge on any atom is -0.312 e. The second kappa shape index (κ2) is 5.78. The monoisotopic (exact) mass is 322 g/mol. The predicted octanol–water partition coefficient (Wildman–Crippen LogP) is 4.32. The number of aryl methyl sites for hydroxylation is 1. The van der Waals surface area contributed by atoms with E-state index in [9.17, 15) is 4.79 Å². The number of halogens is 1. The van der Waals surface area contributed by atoms with Crippen LogP contribution in [0.5, 0.6) is 0 Å². The van der Waals surface area contributed by atoms with Crippen LogP contribution in [0.3, 0.4) is 0 Å². The van der Waals surface area contributed by atoms with Crippen molar-refractivity contribution in [3.8, 4) is 0 Å². The number of amides is 1. The fraction of sp³-hybridized carbons (Fsp3) is 0.375. The Morgan fingerprint density at radius 1 is 1.48 bits per heavy atom. The van der Waals surface area contributed by atoms with E-state index in [1.54, 1.807) is 6.08 Å². The van der Waals surface area contributed by atoms with E-state index in [0.29, 0.717) is 16.4 Å². The lowest BCUT2D eigenvalue weighted by atomic mass is 9.96. The minimum atomic E-state index is -0.491. The average molecular weight is 323 g/mol. The summed E-state index contributed by atoms with van der Waals surface area (Å²) < 4.78 is 3.07. The maximum atomic E-state index is 12.2. The Balaban J connectivity index is 2.78. The van der Waals surface area contributed by atoms with Crippen molar-refractivity contribution in [1.82, 2.24) is 4.57 Å². The van der Waals surface area contributed by atoms with Gasteiger partial charge in [0.1, 0.15) is 0 Å². The number of fused-ring (bicyclic) bond motifs is 1. The van der Waals surface area contributed by atoms with Gasteiger partial charge in [-0.05, 0) is 24.6 Å². The summed E-state index contributed by atoms with van der Waals surface area (Å²) in [7, 11) is 0. The number of benzene rings is 1. The van der Waals surface area contributed by atoms with Crippen LogP contribution in [0.25, 0.3) is 10.2 Å². The molecule has 0 atom stereocenters. The number of thiazole rings is 1. The molecule has 2 aromatic rings. The van der Waals surface area contributed by atoms with Gasteiger partial charge in [-0.25, -0.2) is 0 Å². The third-order valence-electron chi connectivity index (χ3n) is 3.18. The molecule has 0 unspecified atom stereocenters. The number of aromatic nitrogens is 1. The van der Waals surface area contributed by atoms with E-state index in [2.05, 4.69) is 11.6 Å². The molecule has 112 valence electrons. The molecule has 0 radical (unpaired) electrons. The molecule has 2 rings (SSSR count). The maximum absolute atomic E-state index is 12.2. The zero-order chi connectivity index (χ0) is 15.8. The largest absolute Gasteiger partial charge is 0.312 e. The number of hydrogen-bond donors (Lipinski definition) is 0. The molecule has 1 amide bonds. The van der Waals surface area contributed by atoms with E-state index in [1.807, 2.05) is 44.4 Å². The molecule has 0 aliphatic rings. The second-order valence-electron chi connectivity index (χ2n) is 5.97. The normalized spacial score (nSPS) is 12.9. The number of nitrogens with zero attached hydrogens (tertiary/aromatic N) is 2. The fourth-order valence-corrected chi connectivity index (χ4v) is 3.20. The first kappa shape index (κ1) is 16.0. The van der Waals surface area contributed by atoms with Crippen molar-refractivity contribution in [3.63, 3.8) is 0 Å². The van der Waals surface area contributed by atoms with Crippen molar-refractivity contribution in [3.05, 3.63) is 40.2 Å². The summed E-state index contributed by atoms with van der Waals surface area (Å²) in [4.78, 5) is 17.2. The molecule has 1 heterocycles. The van der Waals surface area contributed by atoms with Gasteiger partial charge in [-0.1, -0.05) is 49.8 Å². The zero-order valence-electron chi connectivity index (χ0n) is 12.7. The van der Waals surface area contributed by atoms with Crippen LogP contribution < -0.4 is 4.80 Å². The Morgan fingerprint density at radius 2 is 2.14 bits per heavy atom. The van der Waals surface area contributed by atoms with Crippen molar-refractivity contribution < 1.29 is 4.79 Å². The maximum Gasteiger partial charge on any atom is 0.253 e. The number of allylic oxidation sites excluding steroid dienone is 1. The number of carbonyl (C=O) groups is 1. The van der Waals surface area contributed by atoms with E-state index < -0.39 is 5.41 Å². The first-order valence-corrected chi connectivity index (χ1v) is 7.93. The summed E-state index contributed by atoms with van der Waals surface area (Å²) in [5.41, 5.74) is 1.53. The van der Waals surface area contributed by atoms with Gasteiger partial charge in [0.05, 0.1) is 10.2 Å². The molecule has 3 nitrogen and oxygen atoms in total. The van der Waals surface area contributed by atoms with Crippen LogP contribution in [0.15, 0.2) is 29.8 Å². The summed E-state index contributed by atoms with van der Waals surface area (Å²) in [5, 5.41) is 0.715. The second-order valence-corrected chi connectivity index (χ2v) is 7.39. The fourth-order valence-electron chi connectivity index (χ4n) is 1.95. The molecule has 1 aromatic heterocycles. The summed E-state index contributed by atoms with van der Waals surface area (Å²) in [6, 6.07) is 3.85. The Labute approximate surface area is 133 Å². The van der Waals surface area contributed by atoms with Gasteiger partial charge in [0.2, 0.25) is 0 Å². The standard InChI is InChI=1S/C16H19ClN2OS/c1-6-9-19-13-10(2)11(17)7-8-12(13)21-15(19)18-14(20)16(3,4)5/h6-8H,1,9H2,2-5H3. The van der Waals surface area contributed by atoms with Gasteiger partial charge in [-0.2, -0.15) is 4.99 Å². The van der Waals surface area contributed by atoms with E-state index in [4.69, 9.17) is 11.6 Å². The van der Waals surface area contributed by atoms with Crippen molar-refractivity contribution in [1.29, 1.82) is 0 Å². The third-order valence-corrected chi connectivity index (χ3v) is 4.63. The molecule has 0 aliphatic carbocycles. The highest BCUT2D eigenvalue weighted by molar-refractivity contribution is 7.16. The number of rotatable bonds is 2. The van der Waals surface area contributed by atoms with E-state index >= 15 is 0 Å². The summed E-state index contributed by atoms with van der Waals surface area (Å²) in [5.74, 6) is -0.129. The molecule has 0 saturated heterocycles. The Morgan fingerprint density at radius 3 is 2.71 bits per heavy atom. The molecule has 0 fully saturated rings. The predicted molar refractivity (Wildman–Crippen MR) is 89.8 cm³/mol. The van der Waals surface area contributed by atoms with Crippen LogP contribution in [-0.4, -0.2) is 10.5 Å². The summed E-state index contributed by atoms with van der Waals surface area (Å²) in [6.07, 6.45) is 1.80. The SMILES string of the molecule is C=CCn1c(=NC(=O)C(C)(C)C)sc2ccc(Cl)c(C)c21. The molecular weight excluding hydrogens is 304 g/mol. The first-order valence-electron chi connectivity index (χ1n) is 6.74. The lowest BCUT2D eigenvalue weighted by Crippen LogP contribution is -2.23. The van der Waals surface area contributed by atoms with Crippen molar-refractivity contribution >= 4 is 39.1 Å². The lowest BCUT2D eigenvalue weighted by Gasteiger charge is -2.12. The van der Waals surface area contributed by atoms with Crippen LogP contribution in [0.4, 0.5) is 0 Å². The van der Waals surface area contributed by atoms with Crippen LogP contribution in [-0.2, 0) is 11.3 Å². The Bertz CT molecular complexity index is 778.